The van der Waals surface area contributed by atoms with Crippen LogP contribution in [0.3, 0.4) is 0 Å². The zero-order chi connectivity index (χ0) is 24.7. The average molecular weight is 465 g/mol. The summed E-state index contributed by atoms with van der Waals surface area (Å²) in [6, 6.07) is 13.5. The predicted octanol–water partition coefficient (Wildman–Crippen LogP) is 5.29. The van der Waals surface area contributed by atoms with Crippen LogP contribution in [0.25, 0.3) is 5.69 Å². The number of nitrogens with zero attached hydrogens (tertiary/aromatic N) is 3. The first-order valence-electron chi connectivity index (χ1n) is 11.9. The van der Waals surface area contributed by atoms with Crippen LogP contribution in [0.15, 0.2) is 48.7 Å². The van der Waals surface area contributed by atoms with Gasteiger partial charge in [-0.1, -0.05) is 45.4 Å². The van der Waals surface area contributed by atoms with Gasteiger partial charge in [0.05, 0.1) is 30.3 Å². The Labute approximate surface area is 202 Å². The Morgan fingerprint density at radius 2 is 1.79 bits per heavy atom. The van der Waals surface area contributed by atoms with Gasteiger partial charge in [0, 0.05) is 18.3 Å². The van der Waals surface area contributed by atoms with Crippen molar-refractivity contribution in [2.75, 3.05) is 38.7 Å². The van der Waals surface area contributed by atoms with Crippen LogP contribution < -0.4 is 14.8 Å². The predicted molar refractivity (Wildman–Crippen MR) is 137 cm³/mol. The summed E-state index contributed by atoms with van der Waals surface area (Å²) < 4.78 is 13.3. The van der Waals surface area contributed by atoms with Gasteiger partial charge in [0.1, 0.15) is 6.61 Å². The van der Waals surface area contributed by atoms with Crippen LogP contribution in [0, 0.1) is 6.92 Å². The minimum absolute atomic E-state index is 0.111. The minimum atomic E-state index is -0.207. The number of ether oxygens (including phenoxy) is 2. The molecule has 1 heterocycles. The standard InChI is InChI=1S/C27H36N4O3/c1-7-30(8-2)15-16-34-25-17-21(11-14-24(25)33-6)29-27(32)23-18-28-31(26(23)19(3)4)22-12-9-20(5)10-13-22/h9-14,17-19H,7-8,15-16H2,1-6H3,(H,29,32). The molecule has 0 spiro atoms. The van der Waals surface area contributed by atoms with Gasteiger partial charge >= 0.3 is 0 Å². The molecule has 7 heteroatoms. The third kappa shape index (κ3) is 5.97. The average Bonchev–Trinajstić information content (AvgIpc) is 3.28. The summed E-state index contributed by atoms with van der Waals surface area (Å²) in [7, 11) is 1.61. The quantitative estimate of drug-likeness (QED) is 0.418. The van der Waals surface area contributed by atoms with E-state index >= 15 is 0 Å². The van der Waals surface area contributed by atoms with Crippen LogP contribution >= 0.6 is 0 Å². The van der Waals surface area contributed by atoms with Crippen molar-refractivity contribution in [2.45, 2.75) is 40.5 Å². The lowest BCUT2D eigenvalue weighted by molar-refractivity contribution is 0.102. The maximum absolute atomic E-state index is 13.2. The zero-order valence-corrected chi connectivity index (χ0v) is 21.1. The second-order valence-electron chi connectivity index (χ2n) is 8.54. The Morgan fingerprint density at radius 3 is 2.41 bits per heavy atom. The van der Waals surface area contributed by atoms with Gasteiger partial charge in [0.2, 0.25) is 0 Å². The van der Waals surface area contributed by atoms with Crippen LogP contribution in [0.4, 0.5) is 5.69 Å². The van der Waals surface area contributed by atoms with Crippen molar-refractivity contribution in [3.05, 3.63) is 65.5 Å². The molecule has 182 valence electrons. The lowest BCUT2D eigenvalue weighted by Crippen LogP contribution is -2.28. The van der Waals surface area contributed by atoms with E-state index in [4.69, 9.17) is 9.47 Å². The molecule has 0 unspecified atom stereocenters. The van der Waals surface area contributed by atoms with E-state index in [2.05, 4.69) is 43.0 Å². The molecule has 2 aromatic carbocycles. The first-order chi connectivity index (χ1) is 16.4. The highest BCUT2D eigenvalue weighted by Gasteiger charge is 2.21. The number of aryl methyl sites for hydroxylation is 1. The molecule has 0 radical (unpaired) electrons. The van der Waals surface area contributed by atoms with Crippen molar-refractivity contribution in [2.24, 2.45) is 0 Å². The minimum Gasteiger partial charge on any atom is -0.493 e. The van der Waals surface area contributed by atoms with Gasteiger partial charge in [0.15, 0.2) is 11.5 Å². The summed E-state index contributed by atoms with van der Waals surface area (Å²) >= 11 is 0. The smallest absolute Gasteiger partial charge is 0.259 e. The lowest BCUT2D eigenvalue weighted by atomic mass is 10.0. The molecule has 0 bridgehead atoms. The van der Waals surface area contributed by atoms with Crippen LogP contribution in [0.2, 0.25) is 0 Å². The molecular formula is C27H36N4O3. The fourth-order valence-electron chi connectivity index (χ4n) is 3.87. The van der Waals surface area contributed by atoms with Crippen molar-refractivity contribution >= 4 is 11.6 Å². The molecule has 0 saturated carbocycles. The molecule has 3 rings (SSSR count). The monoisotopic (exact) mass is 464 g/mol. The molecule has 0 saturated heterocycles. The Morgan fingerprint density at radius 1 is 1.09 bits per heavy atom. The summed E-state index contributed by atoms with van der Waals surface area (Å²) in [5.41, 5.74) is 4.17. The topological polar surface area (TPSA) is 68.6 Å². The van der Waals surface area contributed by atoms with Gasteiger partial charge in [-0.25, -0.2) is 4.68 Å². The number of anilines is 1. The Kier molecular flexibility index (Phi) is 8.71. The molecule has 34 heavy (non-hydrogen) atoms. The molecule has 1 aromatic heterocycles. The zero-order valence-electron chi connectivity index (χ0n) is 21.1. The number of rotatable bonds is 11. The summed E-state index contributed by atoms with van der Waals surface area (Å²) in [5, 5.41) is 7.53. The van der Waals surface area contributed by atoms with E-state index in [1.54, 1.807) is 25.4 Å². The maximum atomic E-state index is 13.2. The van der Waals surface area contributed by atoms with E-state index in [0.29, 0.717) is 29.4 Å². The van der Waals surface area contributed by atoms with E-state index in [1.165, 1.54) is 5.56 Å². The van der Waals surface area contributed by atoms with Gasteiger partial charge in [-0.15, -0.1) is 0 Å². The summed E-state index contributed by atoms with van der Waals surface area (Å²) in [6.45, 7) is 13.7. The molecule has 0 fully saturated rings. The van der Waals surface area contributed by atoms with Crippen LogP contribution in [0.1, 0.15) is 55.2 Å². The number of hydrogen-bond acceptors (Lipinski definition) is 5. The number of nitrogens with one attached hydrogen (secondary N) is 1. The number of methoxy groups -OCH3 is 1. The van der Waals surface area contributed by atoms with Crippen LogP contribution in [0.5, 0.6) is 11.5 Å². The SMILES string of the molecule is CCN(CC)CCOc1cc(NC(=O)c2cnn(-c3ccc(C)cc3)c2C(C)C)ccc1OC. The lowest BCUT2D eigenvalue weighted by Gasteiger charge is -2.19. The highest BCUT2D eigenvalue weighted by atomic mass is 16.5. The molecule has 7 nitrogen and oxygen atoms in total. The van der Waals surface area contributed by atoms with Crippen molar-refractivity contribution < 1.29 is 14.3 Å². The third-order valence-corrected chi connectivity index (χ3v) is 5.86. The number of hydrogen-bond donors (Lipinski definition) is 1. The Bertz CT molecular complexity index is 1090. The molecule has 1 amide bonds. The van der Waals surface area contributed by atoms with Crippen molar-refractivity contribution in [3.8, 4) is 17.2 Å². The molecule has 1 N–H and O–H groups in total. The largest absolute Gasteiger partial charge is 0.493 e. The Hall–Kier alpha value is -3.32. The van der Waals surface area contributed by atoms with E-state index in [9.17, 15) is 4.79 Å². The van der Waals surface area contributed by atoms with Crippen LogP contribution in [-0.2, 0) is 0 Å². The molecule has 0 aliphatic rings. The molecule has 0 atom stereocenters. The fraction of sp³-hybridized carbons (Fsp3) is 0.407. The number of amides is 1. The van der Waals surface area contributed by atoms with Gasteiger partial charge in [0.25, 0.3) is 5.91 Å². The third-order valence-electron chi connectivity index (χ3n) is 5.86. The number of aromatic nitrogens is 2. The summed E-state index contributed by atoms with van der Waals surface area (Å²) in [4.78, 5) is 15.5. The Balaban J connectivity index is 1.80. The van der Waals surface area contributed by atoms with Crippen LogP contribution in [-0.4, -0.2) is 53.9 Å². The molecular weight excluding hydrogens is 428 g/mol. The second-order valence-corrected chi connectivity index (χ2v) is 8.54. The first kappa shape index (κ1) is 25.3. The number of carbonyl (C=O) groups excluding carboxylic acids is 1. The maximum Gasteiger partial charge on any atom is 0.259 e. The molecule has 0 aliphatic heterocycles. The fourth-order valence-corrected chi connectivity index (χ4v) is 3.87. The molecule has 3 aromatic rings. The van der Waals surface area contributed by atoms with E-state index < -0.39 is 0 Å². The molecule has 0 aliphatic carbocycles. The highest BCUT2D eigenvalue weighted by molar-refractivity contribution is 6.05. The first-order valence-corrected chi connectivity index (χ1v) is 11.9. The number of benzene rings is 2. The second kappa shape index (κ2) is 11.7. The van der Waals surface area contributed by atoms with Gasteiger partial charge in [-0.3, -0.25) is 4.79 Å². The number of likely N-dealkylation sites (N-methyl/N-ethyl adjacent to an activating group) is 1. The van der Waals surface area contributed by atoms with E-state index in [0.717, 1.165) is 31.0 Å². The van der Waals surface area contributed by atoms with E-state index in [-0.39, 0.29) is 11.8 Å². The van der Waals surface area contributed by atoms with Crippen molar-refractivity contribution in [1.82, 2.24) is 14.7 Å². The summed E-state index contributed by atoms with van der Waals surface area (Å²) in [5.74, 6) is 1.14. The van der Waals surface area contributed by atoms with Crippen molar-refractivity contribution in [1.29, 1.82) is 0 Å². The van der Waals surface area contributed by atoms with Crippen molar-refractivity contribution in [3.63, 3.8) is 0 Å². The van der Waals surface area contributed by atoms with E-state index in [1.807, 2.05) is 41.9 Å². The van der Waals surface area contributed by atoms with Gasteiger partial charge < -0.3 is 19.7 Å². The normalized spacial score (nSPS) is 11.2. The highest BCUT2D eigenvalue weighted by Crippen LogP contribution is 2.31. The number of carbonyl (C=O) groups is 1. The van der Waals surface area contributed by atoms with Gasteiger partial charge in [-0.2, -0.15) is 5.10 Å². The van der Waals surface area contributed by atoms with Gasteiger partial charge in [-0.05, 0) is 50.2 Å². The summed E-state index contributed by atoms with van der Waals surface area (Å²) in [6.07, 6.45) is 1.63.